The Balaban J connectivity index is 3.54. The van der Waals surface area contributed by atoms with E-state index in [1.165, 1.54) is 11.8 Å². The van der Waals surface area contributed by atoms with Gasteiger partial charge < -0.3 is 92.3 Å². The van der Waals surface area contributed by atoms with E-state index in [-0.39, 0.29) is 87.4 Å². The minimum Gasteiger partial charge on any atom is -0.481 e. The van der Waals surface area contributed by atoms with E-state index < -0.39 is 164 Å². The van der Waals surface area contributed by atoms with E-state index in [1.807, 2.05) is 0 Å². The number of hydrogen-bond acceptors (Lipinski definition) is 17. The molecule has 33 heteroatoms. The maximum Gasteiger partial charge on any atom is 0.326 e. The van der Waals surface area contributed by atoms with Crippen molar-refractivity contribution in [3.8, 4) is 0 Å². The van der Waals surface area contributed by atoms with Crippen LogP contribution in [0.4, 0.5) is 0 Å². The molecule has 31 nitrogen and oxygen atoms in total. The van der Waals surface area contributed by atoms with Crippen LogP contribution in [0.25, 0.3) is 0 Å². The summed E-state index contributed by atoms with van der Waals surface area (Å²) < 4.78 is 0. The van der Waals surface area contributed by atoms with Crippen LogP contribution in [-0.4, -0.2) is 184 Å². The Morgan fingerprint density at radius 2 is 0.892 bits per heavy atom. The number of hydrogen-bond donors (Lipinski definition) is 18. The maximum atomic E-state index is 14.4. The fourth-order valence-corrected chi connectivity index (χ4v) is 8.41. The predicted molar refractivity (Wildman–Crippen MR) is 309 cm³/mol. The number of carboxylic acid groups (broad SMARTS) is 3. The monoisotopic (exact) mass is 1210 g/mol. The number of benzene rings is 1. The first-order valence-corrected chi connectivity index (χ1v) is 28.5. The Hall–Kier alpha value is -7.94. The fourth-order valence-electron chi connectivity index (χ4n) is 7.69. The molecule has 0 bridgehead atoms. The number of primary amides is 1. The topological polar surface area (TPSA) is 543 Å². The Morgan fingerprint density at radius 1 is 0.506 bits per heavy atom. The van der Waals surface area contributed by atoms with Crippen LogP contribution in [0.1, 0.15) is 96.5 Å². The van der Waals surface area contributed by atoms with Crippen molar-refractivity contribution in [2.75, 3.05) is 30.9 Å². The molecule has 9 amide bonds. The molecule has 1 aromatic rings. The molecule has 464 valence electrons. The average Bonchev–Trinajstić information content (AvgIpc) is 3.46. The predicted octanol–water partition coefficient (Wildman–Crippen LogP) is -4.65. The summed E-state index contributed by atoms with van der Waals surface area (Å²) in [6.45, 7) is 3.61. The number of thioether (sulfide) groups is 1. The molecule has 0 aliphatic heterocycles. The normalized spacial score (nSPS) is 14.1. The summed E-state index contributed by atoms with van der Waals surface area (Å²) in [5.41, 5.74) is 33.3. The van der Waals surface area contributed by atoms with Gasteiger partial charge in [0.05, 0.1) is 6.04 Å². The molecule has 0 saturated carbocycles. The lowest BCUT2D eigenvalue weighted by Gasteiger charge is -2.28. The summed E-state index contributed by atoms with van der Waals surface area (Å²) in [5.74, 6) is -13.5. The number of carbonyl (C=O) groups is 12. The van der Waals surface area contributed by atoms with Crippen LogP contribution in [0, 0.1) is 5.92 Å². The molecule has 0 aromatic heterocycles. The number of aliphatic carboxylic acids is 3. The van der Waals surface area contributed by atoms with E-state index in [1.54, 1.807) is 50.4 Å². The third kappa shape index (κ3) is 31.2. The molecule has 1 rings (SSSR count). The van der Waals surface area contributed by atoms with E-state index in [2.05, 4.69) is 65.1 Å². The van der Waals surface area contributed by atoms with Gasteiger partial charge in [-0.3, -0.25) is 62.7 Å². The van der Waals surface area contributed by atoms with Gasteiger partial charge in [-0.1, -0.05) is 44.2 Å². The summed E-state index contributed by atoms with van der Waals surface area (Å²) in [7, 11) is 0. The van der Waals surface area contributed by atoms with Gasteiger partial charge in [-0.05, 0) is 81.3 Å². The number of nitrogens with one attached hydrogen (secondary N) is 8. The number of carboxylic acids is 3. The van der Waals surface area contributed by atoms with Crippen LogP contribution in [-0.2, 0) is 64.0 Å². The fraction of sp³-hybridized carbons (Fsp3) is 0.600. The van der Waals surface area contributed by atoms with Gasteiger partial charge >= 0.3 is 17.9 Å². The first kappa shape index (κ1) is 73.1. The molecule has 0 aliphatic carbocycles. The third-order valence-electron chi connectivity index (χ3n) is 12.1. The molecule has 83 heavy (non-hydrogen) atoms. The number of nitrogens with zero attached hydrogens (tertiary/aromatic N) is 2. The van der Waals surface area contributed by atoms with Crippen LogP contribution >= 0.6 is 24.4 Å². The zero-order valence-corrected chi connectivity index (χ0v) is 48.3. The lowest BCUT2D eigenvalue weighted by Crippen LogP contribution is -2.61. The summed E-state index contributed by atoms with van der Waals surface area (Å²) in [6, 6.07) is -5.02. The Morgan fingerprint density at radius 3 is 1.33 bits per heavy atom. The molecule has 1 aromatic carbocycles. The lowest BCUT2D eigenvalue weighted by atomic mass is 10.0. The van der Waals surface area contributed by atoms with Crippen LogP contribution in [0.3, 0.4) is 0 Å². The Labute approximate surface area is 489 Å². The van der Waals surface area contributed by atoms with Gasteiger partial charge in [-0.25, -0.2) is 4.79 Å². The Bertz CT molecular complexity index is 2420. The summed E-state index contributed by atoms with van der Waals surface area (Å²) in [6.07, 6.45) is -1.29. The number of carbonyl (C=O) groups excluding carboxylic acids is 9. The second-order valence-corrected chi connectivity index (χ2v) is 20.8. The average molecular weight is 1210 g/mol. The quantitative estimate of drug-likeness (QED) is 0.0127. The zero-order valence-electron chi connectivity index (χ0n) is 46.6. The SMILES string of the molecule is CSCC[C@H](NC(=O)[C@H](CCC(N)=O)NC(=O)[C@H](Cc1ccccc1)NC(=O)[C@H](CS)NC(=O)[C@H](CCC(=O)O)NC(=O)[C@@H](N)CCCN=C(N)N)C(=O)N[C@@H](CC(C)C)C(=O)N[C@@H](CCC(=O)O)C(=O)N[C@@H](CCCN=C(N)N)C(=O)O. The van der Waals surface area contributed by atoms with Gasteiger partial charge in [-0.2, -0.15) is 24.4 Å². The first-order valence-electron chi connectivity index (χ1n) is 26.5. The number of thiol groups is 1. The van der Waals surface area contributed by atoms with Gasteiger partial charge in [0.1, 0.15) is 48.3 Å². The van der Waals surface area contributed by atoms with Crippen molar-refractivity contribution in [2.45, 2.75) is 152 Å². The molecular formula is C50H82N16O15S2. The van der Waals surface area contributed by atoms with Crippen molar-refractivity contribution in [1.82, 2.24) is 42.5 Å². The first-order chi connectivity index (χ1) is 39.1. The second-order valence-electron chi connectivity index (χ2n) is 19.5. The lowest BCUT2D eigenvalue weighted by molar-refractivity contribution is -0.143. The van der Waals surface area contributed by atoms with Crippen molar-refractivity contribution in [3.63, 3.8) is 0 Å². The molecular weight excluding hydrogens is 1130 g/mol. The van der Waals surface area contributed by atoms with Crippen LogP contribution in [0.15, 0.2) is 40.3 Å². The number of guanidine groups is 2. The van der Waals surface area contributed by atoms with Crippen molar-refractivity contribution >= 4 is 107 Å². The number of amides is 9. The molecule has 0 saturated heterocycles. The highest BCUT2D eigenvalue weighted by Crippen LogP contribution is 2.13. The molecule has 0 aliphatic rings. The van der Waals surface area contributed by atoms with Gasteiger partial charge in [0.15, 0.2) is 11.9 Å². The molecule has 0 unspecified atom stereocenters. The molecule has 9 atom stereocenters. The molecule has 23 N–H and O–H groups in total. The number of rotatable bonds is 42. The number of nitrogens with two attached hydrogens (primary N) is 6. The summed E-state index contributed by atoms with van der Waals surface area (Å²) in [4.78, 5) is 166. The van der Waals surface area contributed by atoms with Gasteiger partial charge in [0.25, 0.3) is 0 Å². The third-order valence-corrected chi connectivity index (χ3v) is 13.1. The zero-order chi connectivity index (χ0) is 62.8. The summed E-state index contributed by atoms with van der Waals surface area (Å²) >= 11 is 5.51. The van der Waals surface area contributed by atoms with Crippen LogP contribution in [0.5, 0.6) is 0 Å². The van der Waals surface area contributed by atoms with E-state index in [9.17, 15) is 72.9 Å². The largest absolute Gasteiger partial charge is 0.481 e. The van der Waals surface area contributed by atoms with E-state index in [0.29, 0.717) is 5.56 Å². The van der Waals surface area contributed by atoms with Crippen molar-refractivity contribution in [3.05, 3.63) is 35.9 Å². The van der Waals surface area contributed by atoms with Gasteiger partial charge in [-0.15, -0.1) is 0 Å². The standard InChI is InChI=1S/C50H82N16O15S2/c1-26(2)23-34(45(77)61-31(15-18-39(70)71)42(74)63-33(48(80)81)12-8-21-58-50(55)56)64-44(76)32(19-22-83-3)62-41(73)29(13-16-37(52)67)60-46(78)35(24-27-9-5-4-6-10-27)65-47(79)36(25-82)66-43(75)30(14-17-38(68)69)59-40(72)28(51)11-7-20-57-49(53)54/h4-6,9-10,26,28-36,82H,7-8,11-25,51H2,1-3H3,(H2,52,67)(H,59,72)(H,60,78)(H,61,77)(H,62,73)(H,63,74)(H,64,76)(H,65,79)(H,66,75)(H,68,69)(H,70,71)(H,80,81)(H4,53,54,57)(H4,55,56,58)/t28-,29-,30-,31-,32-,33-,34-,35-,36-/m0/s1. The second kappa shape index (κ2) is 39.5. The molecule has 0 heterocycles. The van der Waals surface area contributed by atoms with Gasteiger partial charge in [0, 0.05) is 44.5 Å². The smallest absolute Gasteiger partial charge is 0.326 e. The molecule has 0 radical (unpaired) electrons. The Kier molecular flexibility index (Phi) is 34.8. The number of aliphatic imine (C=N–C) groups is 2. The molecule has 0 spiro atoms. The van der Waals surface area contributed by atoms with Crippen molar-refractivity contribution in [2.24, 2.45) is 50.3 Å². The highest BCUT2D eigenvalue weighted by Gasteiger charge is 2.36. The van der Waals surface area contributed by atoms with E-state index in [0.717, 1.165) is 0 Å². The highest BCUT2D eigenvalue weighted by atomic mass is 32.2. The van der Waals surface area contributed by atoms with Gasteiger partial charge in [0.2, 0.25) is 53.2 Å². The van der Waals surface area contributed by atoms with Crippen molar-refractivity contribution < 1.29 is 72.9 Å². The van der Waals surface area contributed by atoms with Crippen LogP contribution in [0.2, 0.25) is 0 Å². The highest BCUT2D eigenvalue weighted by molar-refractivity contribution is 7.98. The molecule has 0 fully saturated rings. The minimum absolute atomic E-state index is 0.0342. The van der Waals surface area contributed by atoms with Crippen LogP contribution < -0.4 is 76.9 Å². The van der Waals surface area contributed by atoms with E-state index >= 15 is 0 Å². The minimum atomic E-state index is -1.61. The van der Waals surface area contributed by atoms with Crippen molar-refractivity contribution in [1.29, 1.82) is 0 Å². The summed E-state index contributed by atoms with van der Waals surface area (Å²) in [5, 5.41) is 48.4. The van der Waals surface area contributed by atoms with E-state index in [4.69, 9.17) is 34.4 Å². The maximum absolute atomic E-state index is 14.4.